The first-order chi connectivity index (χ1) is 9.74. The quantitative estimate of drug-likeness (QED) is 0.642. The van der Waals surface area contributed by atoms with Crippen LogP contribution in [-0.4, -0.2) is 66.3 Å². The van der Waals surface area contributed by atoms with Crippen LogP contribution in [0, 0.1) is 0 Å². The molecule has 6 nitrogen and oxygen atoms in total. The predicted molar refractivity (Wildman–Crippen MR) is 73.0 cm³/mol. The van der Waals surface area contributed by atoms with Crippen LogP contribution in [0.5, 0.6) is 11.5 Å². The van der Waals surface area contributed by atoms with Crippen LogP contribution in [0.25, 0.3) is 0 Å². The second kappa shape index (κ2) is 7.44. The Balaban J connectivity index is 2.02. The molecule has 3 N–H and O–H groups in total. The van der Waals surface area contributed by atoms with Crippen LogP contribution in [-0.2, 0) is 0 Å². The molecule has 1 atom stereocenters. The Bertz CT molecular complexity index is 420. The molecule has 0 spiro atoms. The molecular formula is C14H21NO5. The van der Waals surface area contributed by atoms with Crippen LogP contribution >= 0.6 is 0 Å². The Morgan fingerprint density at radius 1 is 1.05 bits per heavy atom. The van der Waals surface area contributed by atoms with Gasteiger partial charge in [0.2, 0.25) is 0 Å². The van der Waals surface area contributed by atoms with Gasteiger partial charge in [-0.3, -0.25) is 4.90 Å². The fourth-order valence-corrected chi connectivity index (χ4v) is 2.19. The smallest absolute Gasteiger partial charge is 0.161 e. The third-order valence-electron chi connectivity index (χ3n) is 3.21. The van der Waals surface area contributed by atoms with Crippen molar-refractivity contribution in [3.05, 3.63) is 23.8 Å². The van der Waals surface area contributed by atoms with Gasteiger partial charge in [0.25, 0.3) is 0 Å². The summed E-state index contributed by atoms with van der Waals surface area (Å²) in [5.74, 6) is 1.33. The standard InChI is InChI=1S/C14H21NO5/c16-5-3-15(4-6-17)10-12(18)11-1-2-13-14(9-11)20-8-7-19-13/h1-2,9,12,16-18H,3-8,10H2. The van der Waals surface area contributed by atoms with E-state index in [0.29, 0.717) is 44.3 Å². The Morgan fingerprint density at radius 2 is 1.70 bits per heavy atom. The molecule has 1 aliphatic rings. The van der Waals surface area contributed by atoms with Crippen molar-refractivity contribution in [1.29, 1.82) is 0 Å². The predicted octanol–water partition coefficient (Wildman–Crippen LogP) is -0.222. The van der Waals surface area contributed by atoms with Crippen molar-refractivity contribution < 1.29 is 24.8 Å². The summed E-state index contributed by atoms with van der Waals surface area (Å²) in [6, 6.07) is 5.36. The molecule has 6 heteroatoms. The van der Waals surface area contributed by atoms with Crippen molar-refractivity contribution >= 4 is 0 Å². The first-order valence-corrected chi connectivity index (χ1v) is 6.76. The number of hydrogen-bond acceptors (Lipinski definition) is 6. The van der Waals surface area contributed by atoms with Crippen molar-refractivity contribution in [3.8, 4) is 11.5 Å². The monoisotopic (exact) mass is 283 g/mol. The summed E-state index contributed by atoms with van der Waals surface area (Å²) < 4.78 is 10.9. The number of aliphatic hydroxyl groups is 3. The van der Waals surface area contributed by atoms with E-state index in [1.807, 2.05) is 4.90 Å². The number of ether oxygens (including phenoxy) is 2. The number of fused-ring (bicyclic) bond motifs is 1. The van der Waals surface area contributed by atoms with Crippen LogP contribution in [0.2, 0.25) is 0 Å². The lowest BCUT2D eigenvalue weighted by molar-refractivity contribution is 0.0869. The summed E-state index contributed by atoms with van der Waals surface area (Å²) in [7, 11) is 0. The third kappa shape index (κ3) is 3.83. The van der Waals surface area contributed by atoms with Gasteiger partial charge >= 0.3 is 0 Å². The van der Waals surface area contributed by atoms with Gasteiger partial charge in [-0.25, -0.2) is 0 Å². The fraction of sp³-hybridized carbons (Fsp3) is 0.571. The van der Waals surface area contributed by atoms with E-state index in [-0.39, 0.29) is 13.2 Å². The molecule has 2 rings (SSSR count). The van der Waals surface area contributed by atoms with Crippen molar-refractivity contribution in [1.82, 2.24) is 4.90 Å². The van der Waals surface area contributed by atoms with Gasteiger partial charge in [-0.1, -0.05) is 6.07 Å². The summed E-state index contributed by atoms with van der Waals surface area (Å²) in [5.41, 5.74) is 0.732. The van der Waals surface area contributed by atoms with Gasteiger partial charge in [0, 0.05) is 19.6 Å². The van der Waals surface area contributed by atoms with E-state index in [2.05, 4.69) is 0 Å². The first kappa shape index (κ1) is 15.1. The van der Waals surface area contributed by atoms with Crippen molar-refractivity contribution in [2.75, 3.05) is 46.1 Å². The highest BCUT2D eigenvalue weighted by molar-refractivity contribution is 5.44. The number of rotatable bonds is 7. The van der Waals surface area contributed by atoms with E-state index >= 15 is 0 Å². The van der Waals surface area contributed by atoms with Gasteiger partial charge in [0.05, 0.1) is 19.3 Å². The molecule has 1 heterocycles. The fourth-order valence-electron chi connectivity index (χ4n) is 2.19. The number of hydrogen-bond donors (Lipinski definition) is 3. The van der Waals surface area contributed by atoms with E-state index in [1.54, 1.807) is 18.2 Å². The highest BCUT2D eigenvalue weighted by Crippen LogP contribution is 2.32. The molecule has 0 saturated carbocycles. The maximum absolute atomic E-state index is 10.2. The van der Waals surface area contributed by atoms with E-state index in [0.717, 1.165) is 5.56 Å². The molecular weight excluding hydrogens is 262 g/mol. The molecule has 0 fully saturated rings. The molecule has 0 aromatic heterocycles. The highest BCUT2D eigenvalue weighted by Gasteiger charge is 2.17. The lowest BCUT2D eigenvalue weighted by Crippen LogP contribution is -2.33. The summed E-state index contributed by atoms with van der Waals surface area (Å²) >= 11 is 0. The molecule has 1 aromatic carbocycles. The van der Waals surface area contributed by atoms with E-state index < -0.39 is 6.10 Å². The second-order valence-electron chi connectivity index (χ2n) is 4.67. The van der Waals surface area contributed by atoms with Crippen LogP contribution < -0.4 is 9.47 Å². The number of nitrogens with zero attached hydrogens (tertiary/aromatic N) is 1. The lowest BCUT2D eigenvalue weighted by atomic mass is 10.1. The minimum atomic E-state index is -0.705. The zero-order chi connectivity index (χ0) is 14.4. The molecule has 0 saturated heterocycles. The van der Waals surface area contributed by atoms with Crippen LogP contribution in [0.15, 0.2) is 18.2 Å². The number of aliphatic hydroxyl groups excluding tert-OH is 3. The Hall–Kier alpha value is -1.34. The SMILES string of the molecule is OCCN(CCO)CC(O)c1ccc2c(c1)OCCO2. The van der Waals surface area contributed by atoms with Gasteiger partial charge in [0.15, 0.2) is 11.5 Å². The van der Waals surface area contributed by atoms with Gasteiger partial charge in [-0.05, 0) is 17.7 Å². The van der Waals surface area contributed by atoms with E-state index in [1.165, 1.54) is 0 Å². The van der Waals surface area contributed by atoms with Crippen molar-refractivity contribution in [2.24, 2.45) is 0 Å². The van der Waals surface area contributed by atoms with Crippen LogP contribution in [0.4, 0.5) is 0 Å². The van der Waals surface area contributed by atoms with Gasteiger partial charge in [-0.2, -0.15) is 0 Å². The second-order valence-corrected chi connectivity index (χ2v) is 4.67. The molecule has 0 aliphatic carbocycles. The Morgan fingerprint density at radius 3 is 2.35 bits per heavy atom. The molecule has 1 unspecified atom stereocenters. The molecule has 0 amide bonds. The maximum Gasteiger partial charge on any atom is 0.161 e. The summed E-state index contributed by atoms with van der Waals surface area (Å²) in [6.07, 6.45) is -0.705. The zero-order valence-electron chi connectivity index (χ0n) is 11.4. The number of benzene rings is 1. The topological polar surface area (TPSA) is 82.4 Å². The average Bonchev–Trinajstić information content (AvgIpc) is 2.47. The minimum Gasteiger partial charge on any atom is -0.486 e. The Labute approximate surface area is 118 Å². The van der Waals surface area contributed by atoms with Crippen LogP contribution in [0.1, 0.15) is 11.7 Å². The van der Waals surface area contributed by atoms with E-state index in [4.69, 9.17) is 19.7 Å². The first-order valence-electron chi connectivity index (χ1n) is 6.76. The molecule has 1 aromatic rings. The normalized spacial score (nSPS) is 15.4. The van der Waals surface area contributed by atoms with Gasteiger partial charge in [-0.15, -0.1) is 0 Å². The molecule has 1 aliphatic heterocycles. The van der Waals surface area contributed by atoms with Crippen molar-refractivity contribution in [3.63, 3.8) is 0 Å². The average molecular weight is 283 g/mol. The largest absolute Gasteiger partial charge is 0.486 e. The van der Waals surface area contributed by atoms with Crippen LogP contribution in [0.3, 0.4) is 0 Å². The zero-order valence-corrected chi connectivity index (χ0v) is 11.4. The van der Waals surface area contributed by atoms with Gasteiger partial charge in [0.1, 0.15) is 13.2 Å². The molecule has 0 bridgehead atoms. The van der Waals surface area contributed by atoms with E-state index in [9.17, 15) is 5.11 Å². The minimum absolute atomic E-state index is 0.00609. The summed E-state index contributed by atoms with van der Waals surface area (Å²) in [6.45, 7) is 2.22. The van der Waals surface area contributed by atoms with Crippen molar-refractivity contribution in [2.45, 2.75) is 6.10 Å². The summed E-state index contributed by atoms with van der Waals surface area (Å²) in [4.78, 5) is 1.81. The highest BCUT2D eigenvalue weighted by atomic mass is 16.6. The summed E-state index contributed by atoms with van der Waals surface area (Å²) in [5, 5.41) is 28.2. The maximum atomic E-state index is 10.2. The molecule has 112 valence electrons. The third-order valence-corrected chi connectivity index (χ3v) is 3.21. The molecule has 20 heavy (non-hydrogen) atoms. The Kier molecular flexibility index (Phi) is 5.60. The molecule has 0 radical (unpaired) electrons. The van der Waals surface area contributed by atoms with Gasteiger partial charge < -0.3 is 24.8 Å². The lowest BCUT2D eigenvalue weighted by Gasteiger charge is -2.25.